The fourth-order valence-electron chi connectivity index (χ4n) is 3.70. The monoisotopic (exact) mass is 542 g/mol. The molecule has 11 nitrogen and oxygen atoms in total. The maximum Gasteiger partial charge on any atom is 0.410 e. The van der Waals surface area contributed by atoms with E-state index < -0.39 is 42.2 Å². The summed E-state index contributed by atoms with van der Waals surface area (Å²) in [6, 6.07) is 0.290. The molecule has 210 valence electrons. The Hall–Kier alpha value is -3.68. The first-order chi connectivity index (χ1) is 17.7. The molecule has 2 heterocycles. The number of hydrogen-bond donors (Lipinski definition) is 2. The van der Waals surface area contributed by atoms with E-state index in [1.54, 1.807) is 55.3 Å². The summed E-state index contributed by atoms with van der Waals surface area (Å²) < 4.78 is 43.0. The summed E-state index contributed by atoms with van der Waals surface area (Å²) in [5.74, 6) is -1.95. The zero-order valence-electron chi connectivity index (χ0n) is 21.8. The number of alkyl halides is 3. The summed E-state index contributed by atoms with van der Waals surface area (Å²) in [5.41, 5.74) is -0.256. The van der Waals surface area contributed by atoms with E-state index in [1.807, 2.05) is 0 Å². The van der Waals surface area contributed by atoms with Crippen LogP contribution in [-0.2, 0) is 14.3 Å². The van der Waals surface area contributed by atoms with Crippen LogP contribution in [0.3, 0.4) is 0 Å². The molecule has 0 bridgehead atoms. The van der Waals surface area contributed by atoms with Crippen molar-refractivity contribution < 1.29 is 37.1 Å². The minimum atomic E-state index is -4.65. The van der Waals surface area contributed by atoms with E-state index in [1.165, 1.54) is 12.3 Å². The molecule has 2 rings (SSSR count). The molecule has 0 spiro atoms. The standard InChI is InChI=1S/C24H33F3N6O5/c1-6-9-38-22(37)33-8-7-32(14-18(33)20(35)30-15-24(25,26)27)23(2,3)21(36)29-13-19(34)16-10-17(31(4)5)12-28-11-16/h6,10-12,18H,1,7-9,13-15H2,2-5H3,(H,29,36)(H,30,35)/t18-/m0/s1. The second-order valence-electron chi connectivity index (χ2n) is 9.34. The van der Waals surface area contributed by atoms with Crippen molar-refractivity contribution in [2.24, 2.45) is 0 Å². The lowest BCUT2D eigenvalue weighted by Gasteiger charge is -2.45. The highest BCUT2D eigenvalue weighted by Gasteiger charge is 2.44. The van der Waals surface area contributed by atoms with Crippen LogP contribution in [0.2, 0.25) is 0 Å². The van der Waals surface area contributed by atoms with Crippen molar-refractivity contribution >= 4 is 29.4 Å². The van der Waals surface area contributed by atoms with E-state index in [9.17, 15) is 32.3 Å². The molecule has 1 atom stereocenters. The van der Waals surface area contributed by atoms with Gasteiger partial charge in [0.15, 0.2) is 5.78 Å². The van der Waals surface area contributed by atoms with Crippen LogP contribution in [0.5, 0.6) is 0 Å². The first-order valence-electron chi connectivity index (χ1n) is 11.7. The number of halogens is 3. The number of nitrogens with one attached hydrogen (secondary N) is 2. The van der Waals surface area contributed by atoms with E-state index in [0.29, 0.717) is 11.3 Å². The van der Waals surface area contributed by atoms with E-state index >= 15 is 0 Å². The SMILES string of the molecule is C=CCOC(=O)N1CCN(C(C)(C)C(=O)NCC(=O)c2cncc(N(C)C)c2)C[C@H]1C(=O)NCC(F)(F)F. The molecule has 1 fully saturated rings. The average molecular weight is 543 g/mol. The highest BCUT2D eigenvalue weighted by atomic mass is 19.4. The average Bonchev–Trinajstić information content (AvgIpc) is 2.87. The van der Waals surface area contributed by atoms with Crippen molar-refractivity contribution in [3.05, 3.63) is 36.7 Å². The lowest BCUT2D eigenvalue weighted by Crippen LogP contribution is -2.67. The minimum Gasteiger partial charge on any atom is -0.445 e. The van der Waals surface area contributed by atoms with Crippen molar-refractivity contribution in [1.82, 2.24) is 25.4 Å². The van der Waals surface area contributed by atoms with Gasteiger partial charge in [0.2, 0.25) is 11.8 Å². The largest absolute Gasteiger partial charge is 0.445 e. The van der Waals surface area contributed by atoms with Gasteiger partial charge in [-0.05, 0) is 19.9 Å². The Balaban J connectivity index is 2.12. The normalized spacial score (nSPS) is 16.4. The molecule has 0 aliphatic carbocycles. The Kier molecular flexibility index (Phi) is 10.2. The molecule has 1 aliphatic rings. The van der Waals surface area contributed by atoms with Crippen LogP contribution >= 0.6 is 0 Å². The predicted octanol–water partition coefficient (Wildman–Crippen LogP) is 1.21. The number of Topliss-reactive ketones (excluding diaryl/α,β-unsaturated/α-hetero) is 1. The lowest BCUT2D eigenvalue weighted by molar-refractivity contribution is -0.145. The quantitative estimate of drug-likeness (QED) is 0.334. The van der Waals surface area contributed by atoms with Gasteiger partial charge in [-0.15, -0.1) is 0 Å². The van der Waals surface area contributed by atoms with Gasteiger partial charge in [-0.25, -0.2) is 4.79 Å². The van der Waals surface area contributed by atoms with Crippen LogP contribution in [0.25, 0.3) is 0 Å². The van der Waals surface area contributed by atoms with Crippen molar-refractivity contribution in [2.45, 2.75) is 31.6 Å². The number of anilines is 1. The number of hydrogen-bond acceptors (Lipinski definition) is 8. The summed E-state index contributed by atoms with van der Waals surface area (Å²) in [4.78, 5) is 59.2. The number of aromatic nitrogens is 1. The third-order valence-electron chi connectivity index (χ3n) is 6.02. The van der Waals surface area contributed by atoms with Gasteiger partial charge < -0.3 is 20.3 Å². The van der Waals surface area contributed by atoms with E-state index in [-0.39, 0.29) is 38.6 Å². The van der Waals surface area contributed by atoms with Crippen molar-refractivity contribution in [2.75, 3.05) is 58.3 Å². The van der Waals surface area contributed by atoms with Gasteiger partial charge in [-0.1, -0.05) is 12.7 Å². The van der Waals surface area contributed by atoms with Gasteiger partial charge in [0, 0.05) is 45.5 Å². The number of ketones is 1. The third kappa shape index (κ3) is 8.16. The van der Waals surface area contributed by atoms with E-state index in [0.717, 1.165) is 4.90 Å². The smallest absolute Gasteiger partial charge is 0.410 e. The zero-order chi connectivity index (χ0) is 28.7. The van der Waals surface area contributed by atoms with Gasteiger partial charge in [0.25, 0.3) is 0 Å². The summed E-state index contributed by atoms with van der Waals surface area (Å²) >= 11 is 0. The van der Waals surface area contributed by atoms with Gasteiger partial charge in [-0.2, -0.15) is 13.2 Å². The van der Waals surface area contributed by atoms with E-state index in [4.69, 9.17) is 4.74 Å². The fourth-order valence-corrected chi connectivity index (χ4v) is 3.70. The molecule has 14 heteroatoms. The van der Waals surface area contributed by atoms with E-state index in [2.05, 4.69) is 16.9 Å². The number of amides is 3. The molecule has 0 saturated carbocycles. The first kappa shape index (κ1) is 30.5. The highest BCUT2D eigenvalue weighted by Crippen LogP contribution is 2.22. The summed E-state index contributed by atoms with van der Waals surface area (Å²) in [7, 11) is 3.59. The fraction of sp³-hybridized carbons (Fsp3) is 0.542. The second kappa shape index (κ2) is 12.7. The third-order valence-corrected chi connectivity index (χ3v) is 6.02. The molecule has 1 aromatic heterocycles. The Morgan fingerprint density at radius 1 is 1.18 bits per heavy atom. The number of carbonyl (C=O) groups is 4. The number of carbonyl (C=O) groups excluding carboxylic acids is 4. The Morgan fingerprint density at radius 3 is 2.47 bits per heavy atom. The minimum absolute atomic E-state index is 0.0846. The number of nitrogens with zero attached hydrogens (tertiary/aromatic N) is 4. The zero-order valence-corrected chi connectivity index (χ0v) is 21.8. The van der Waals surface area contributed by atoms with Gasteiger partial charge in [0.05, 0.1) is 24.0 Å². The molecule has 0 radical (unpaired) electrons. The molecule has 2 N–H and O–H groups in total. The molecule has 0 unspecified atom stereocenters. The molecular formula is C24H33F3N6O5. The molecule has 3 amide bonds. The van der Waals surface area contributed by atoms with Gasteiger partial charge >= 0.3 is 12.3 Å². The molecule has 1 aliphatic heterocycles. The molecule has 1 aromatic rings. The van der Waals surface area contributed by atoms with Crippen molar-refractivity contribution in [3.8, 4) is 0 Å². The van der Waals surface area contributed by atoms with Crippen LogP contribution in [0.4, 0.5) is 23.7 Å². The topological polar surface area (TPSA) is 124 Å². The molecule has 38 heavy (non-hydrogen) atoms. The van der Waals surface area contributed by atoms with Crippen LogP contribution < -0.4 is 15.5 Å². The molecule has 1 saturated heterocycles. The maximum atomic E-state index is 13.1. The van der Waals surface area contributed by atoms with Crippen LogP contribution in [0.1, 0.15) is 24.2 Å². The number of rotatable bonds is 10. The second-order valence-corrected chi connectivity index (χ2v) is 9.34. The first-order valence-corrected chi connectivity index (χ1v) is 11.7. The summed E-state index contributed by atoms with van der Waals surface area (Å²) in [6.07, 6.45) is -1.24. The Labute approximate surface area is 219 Å². The number of pyridine rings is 1. The van der Waals surface area contributed by atoms with Gasteiger partial charge in [0.1, 0.15) is 19.2 Å². The predicted molar refractivity (Wildman–Crippen MR) is 133 cm³/mol. The molecule has 0 aromatic carbocycles. The Morgan fingerprint density at radius 2 is 1.87 bits per heavy atom. The highest BCUT2D eigenvalue weighted by molar-refractivity contribution is 6.00. The summed E-state index contributed by atoms with van der Waals surface area (Å²) in [6.45, 7) is 4.29. The van der Waals surface area contributed by atoms with Crippen LogP contribution in [0.15, 0.2) is 31.1 Å². The van der Waals surface area contributed by atoms with Crippen molar-refractivity contribution in [3.63, 3.8) is 0 Å². The lowest BCUT2D eigenvalue weighted by atomic mass is 9.97. The summed E-state index contributed by atoms with van der Waals surface area (Å²) in [5, 5.41) is 4.37. The number of ether oxygens (including phenoxy) is 1. The van der Waals surface area contributed by atoms with Crippen LogP contribution in [0, 0.1) is 0 Å². The van der Waals surface area contributed by atoms with Crippen molar-refractivity contribution in [1.29, 1.82) is 0 Å². The number of piperazine rings is 1. The van der Waals surface area contributed by atoms with Crippen LogP contribution in [-0.4, -0.2) is 110 Å². The Bertz CT molecular complexity index is 1050. The maximum absolute atomic E-state index is 13.1. The van der Waals surface area contributed by atoms with Gasteiger partial charge in [-0.3, -0.25) is 29.2 Å². The molecular weight excluding hydrogens is 509 g/mol.